The number of pyridine rings is 1. The molecule has 0 aliphatic carbocycles. The van der Waals surface area contributed by atoms with Gasteiger partial charge in [-0.05, 0) is 35.8 Å². The average molecular weight is 294 g/mol. The van der Waals surface area contributed by atoms with Crippen molar-refractivity contribution in [1.29, 1.82) is 0 Å². The largest absolute Gasteiger partial charge is 0.462 e. The molecular formula is C10H10BrF2NO2. The van der Waals surface area contributed by atoms with Gasteiger partial charge in [0, 0.05) is 11.3 Å². The second kappa shape index (κ2) is 5.34. The van der Waals surface area contributed by atoms with Crippen molar-refractivity contribution in [2.45, 2.75) is 20.3 Å². The second-order valence-corrected chi connectivity index (χ2v) is 3.77. The summed E-state index contributed by atoms with van der Waals surface area (Å²) < 4.78 is 30.1. The molecule has 1 aromatic heterocycles. The van der Waals surface area contributed by atoms with Gasteiger partial charge >= 0.3 is 5.97 Å². The molecule has 16 heavy (non-hydrogen) atoms. The molecule has 0 spiro atoms. The van der Waals surface area contributed by atoms with Crippen molar-refractivity contribution in [3.8, 4) is 0 Å². The molecule has 88 valence electrons. The van der Waals surface area contributed by atoms with Crippen molar-refractivity contribution in [1.82, 2.24) is 4.98 Å². The topological polar surface area (TPSA) is 39.2 Å². The van der Waals surface area contributed by atoms with Crippen LogP contribution in [0.1, 0.15) is 35.0 Å². The number of aromatic nitrogens is 1. The molecule has 0 saturated carbocycles. The Bertz CT molecular complexity index is 410. The standard InChI is InChI=1S/C10H10BrF2NO2/c1-3-16-10(15)7-4-6(9(12)13)5(2)14-8(7)11/h4,9H,3H2,1-2H3. The predicted molar refractivity (Wildman–Crippen MR) is 57.6 cm³/mol. The molecule has 0 aliphatic rings. The summed E-state index contributed by atoms with van der Waals surface area (Å²) in [5.41, 5.74) is -0.0519. The van der Waals surface area contributed by atoms with E-state index in [9.17, 15) is 13.6 Å². The van der Waals surface area contributed by atoms with Crippen LogP contribution in [0.15, 0.2) is 10.7 Å². The molecule has 0 bridgehead atoms. The van der Waals surface area contributed by atoms with Crippen LogP contribution in [-0.4, -0.2) is 17.6 Å². The number of halogens is 3. The number of rotatable bonds is 3. The van der Waals surface area contributed by atoms with Gasteiger partial charge in [0.15, 0.2) is 0 Å². The van der Waals surface area contributed by atoms with Crippen LogP contribution < -0.4 is 0 Å². The number of esters is 1. The summed E-state index contributed by atoms with van der Waals surface area (Å²) in [4.78, 5) is 15.2. The Morgan fingerprint density at radius 2 is 2.25 bits per heavy atom. The molecule has 6 heteroatoms. The quantitative estimate of drug-likeness (QED) is 0.634. The van der Waals surface area contributed by atoms with Crippen LogP contribution in [0.4, 0.5) is 8.78 Å². The highest BCUT2D eigenvalue weighted by Gasteiger charge is 2.19. The fraction of sp³-hybridized carbons (Fsp3) is 0.400. The van der Waals surface area contributed by atoms with Crippen molar-refractivity contribution in [3.05, 3.63) is 27.5 Å². The number of nitrogens with zero attached hydrogens (tertiary/aromatic N) is 1. The van der Waals surface area contributed by atoms with Crippen molar-refractivity contribution < 1.29 is 18.3 Å². The fourth-order valence-electron chi connectivity index (χ4n) is 1.16. The fourth-order valence-corrected chi connectivity index (χ4v) is 1.71. The van der Waals surface area contributed by atoms with E-state index in [0.717, 1.165) is 6.07 Å². The number of ether oxygens (including phenoxy) is 1. The minimum atomic E-state index is -2.66. The first-order valence-corrected chi connectivity index (χ1v) is 5.39. The van der Waals surface area contributed by atoms with E-state index in [2.05, 4.69) is 20.9 Å². The molecule has 0 aromatic carbocycles. The van der Waals surface area contributed by atoms with Gasteiger partial charge in [0.05, 0.1) is 12.2 Å². The van der Waals surface area contributed by atoms with Crippen LogP contribution in [0.25, 0.3) is 0 Å². The number of alkyl halides is 2. The van der Waals surface area contributed by atoms with Crippen LogP contribution in [0.5, 0.6) is 0 Å². The maximum Gasteiger partial charge on any atom is 0.340 e. The summed E-state index contributed by atoms with van der Waals surface area (Å²) in [5, 5.41) is 0. The van der Waals surface area contributed by atoms with Gasteiger partial charge in [0.1, 0.15) is 4.60 Å². The van der Waals surface area contributed by atoms with Crippen molar-refractivity contribution in [3.63, 3.8) is 0 Å². The summed E-state index contributed by atoms with van der Waals surface area (Å²) in [6, 6.07) is 1.11. The third kappa shape index (κ3) is 2.75. The Kier molecular flexibility index (Phi) is 4.35. The van der Waals surface area contributed by atoms with Crippen molar-refractivity contribution >= 4 is 21.9 Å². The average Bonchev–Trinajstić information content (AvgIpc) is 2.17. The minimum absolute atomic E-state index is 0.0164. The summed E-state index contributed by atoms with van der Waals surface area (Å²) in [7, 11) is 0. The van der Waals surface area contributed by atoms with E-state index in [1.165, 1.54) is 6.92 Å². The van der Waals surface area contributed by atoms with E-state index >= 15 is 0 Å². The van der Waals surface area contributed by atoms with Crippen molar-refractivity contribution in [2.75, 3.05) is 6.61 Å². The number of carbonyl (C=O) groups is 1. The van der Waals surface area contributed by atoms with Crippen LogP contribution in [0, 0.1) is 6.92 Å². The van der Waals surface area contributed by atoms with Crippen LogP contribution >= 0.6 is 15.9 Å². The summed E-state index contributed by atoms with van der Waals surface area (Å²) in [6.07, 6.45) is -2.66. The summed E-state index contributed by atoms with van der Waals surface area (Å²) >= 11 is 3.04. The van der Waals surface area contributed by atoms with Crippen LogP contribution in [-0.2, 0) is 4.74 Å². The Morgan fingerprint density at radius 1 is 1.62 bits per heavy atom. The highest BCUT2D eigenvalue weighted by Crippen LogP contribution is 2.26. The summed E-state index contributed by atoms with van der Waals surface area (Å²) in [6.45, 7) is 3.28. The minimum Gasteiger partial charge on any atom is -0.462 e. The molecular weight excluding hydrogens is 284 g/mol. The van der Waals surface area contributed by atoms with Gasteiger partial charge in [-0.3, -0.25) is 0 Å². The van der Waals surface area contributed by atoms with E-state index < -0.39 is 12.4 Å². The number of hydrogen-bond donors (Lipinski definition) is 0. The predicted octanol–water partition coefficient (Wildman–Crippen LogP) is 3.27. The van der Waals surface area contributed by atoms with Gasteiger partial charge in [-0.2, -0.15) is 0 Å². The zero-order chi connectivity index (χ0) is 12.3. The molecule has 0 amide bonds. The molecule has 0 saturated heterocycles. The first-order chi connectivity index (χ1) is 7.47. The molecule has 0 N–H and O–H groups in total. The highest BCUT2D eigenvalue weighted by molar-refractivity contribution is 9.10. The Balaban J connectivity index is 3.19. The lowest BCUT2D eigenvalue weighted by Gasteiger charge is -2.09. The number of hydrogen-bond acceptors (Lipinski definition) is 3. The van der Waals surface area contributed by atoms with E-state index in [0.29, 0.717) is 0 Å². The van der Waals surface area contributed by atoms with Crippen LogP contribution in [0.2, 0.25) is 0 Å². The number of aryl methyl sites for hydroxylation is 1. The van der Waals surface area contributed by atoms with Gasteiger partial charge < -0.3 is 4.74 Å². The van der Waals surface area contributed by atoms with E-state index in [1.54, 1.807) is 6.92 Å². The maximum atomic E-state index is 12.6. The highest BCUT2D eigenvalue weighted by atomic mass is 79.9. The molecule has 1 heterocycles. The molecule has 1 rings (SSSR count). The molecule has 0 radical (unpaired) electrons. The molecule has 0 aliphatic heterocycles. The Morgan fingerprint density at radius 3 is 2.75 bits per heavy atom. The number of carbonyl (C=O) groups excluding carboxylic acids is 1. The maximum absolute atomic E-state index is 12.6. The first-order valence-electron chi connectivity index (χ1n) is 4.59. The molecule has 3 nitrogen and oxygen atoms in total. The third-order valence-corrected chi connectivity index (χ3v) is 2.54. The molecule has 0 unspecified atom stereocenters. The lowest BCUT2D eigenvalue weighted by molar-refractivity contribution is 0.0524. The first kappa shape index (κ1) is 13.0. The monoisotopic (exact) mass is 293 g/mol. The third-order valence-electron chi connectivity index (χ3n) is 1.94. The zero-order valence-electron chi connectivity index (χ0n) is 8.76. The SMILES string of the molecule is CCOC(=O)c1cc(C(F)F)c(C)nc1Br. The van der Waals surface area contributed by atoms with Crippen molar-refractivity contribution in [2.24, 2.45) is 0 Å². The van der Waals surface area contributed by atoms with Gasteiger partial charge in [0.2, 0.25) is 0 Å². The Labute approximate surface area is 99.9 Å². The summed E-state index contributed by atoms with van der Waals surface area (Å²) in [5.74, 6) is -0.663. The van der Waals surface area contributed by atoms with Gasteiger partial charge in [-0.15, -0.1) is 0 Å². The Hall–Kier alpha value is -1.04. The van der Waals surface area contributed by atoms with E-state index in [1.807, 2.05) is 0 Å². The second-order valence-electron chi connectivity index (χ2n) is 3.02. The van der Waals surface area contributed by atoms with Gasteiger partial charge in [-0.25, -0.2) is 18.6 Å². The molecule has 1 aromatic rings. The molecule has 0 fully saturated rings. The van der Waals surface area contributed by atoms with E-state index in [-0.39, 0.29) is 28.0 Å². The van der Waals surface area contributed by atoms with Gasteiger partial charge in [-0.1, -0.05) is 0 Å². The lowest BCUT2D eigenvalue weighted by atomic mass is 10.1. The van der Waals surface area contributed by atoms with E-state index in [4.69, 9.17) is 4.74 Å². The smallest absolute Gasteiger partial charge is 0.340 e. The molecule has 0 atom stereocenters. The normalized spacial score (nSPS) is 10.6. The lowest BCUT2D eigenvalue weighted by Crippen LogP contribution is -2.08. The van der Waals surface area contributed by atoms with Gasteiger partial charge in [0.25, 0.3) is 6.43 Å². The zero-order valence-corrected chi connectivity index (χ0v) is 10.3. The van der Waals surface area contributed by atoms with Crippen LogP contribution in [0.3, 0.4) is 0 Å².